The summed E-state index contributed by atoms with van der Waals surface area (Å²) in [4.78, 5) is 11.3. The molecule has 20 heavy (non-hydrogen) atoms. The normalized spacial score (nSPS) is 10.9. The SMILES string of the molecule is CC(C)C[C@H](N)C(=O)OC(C)(C)C.CCl.CCl.Cl.[2H]CF. The Kier molecular flexibility index (Phi) is 30.6. The molecule has 7 heteroatoms. The first-order valence-corrected chi connectivity index (χ1v) is 7.24. The van der Waals surface area contributed by atoms with Gasteiger partial charge >= 0.3 is 5.97 Å². The second-order valence-electron chi connectivity index (χ2n) is 4.77. The Balaban J connectivity index is -0.0000000915. The number of esters is 1. The van der Waals surface area contributed by atoms with Crippen LogP contribution in [0.15, 0.2) is 0 Å². The largest absolute Gasteiger partial charge is 0.459 e. The first kappa shape index (κ1) is 28.4. The summed E-state index contributed by atoms with van der Waals surface area (Å²) >= 11 is 9.28. The van der Waals surface area contributed by atoms with Gasteiger partial charge in [0.2, 0.25) is 0 Å². The van der Waals surface area contributed by atoms with Crippen LogP contribution < -0.4 is 5.73 Å². The van der Waals surface area contributed by atoms with Crippen LogP contribution in [0.1, 0.15) is 42.4 Å². The fourth-order valence-electron chi connectivity index (χ4n) is 0.982. The van der Waals surface area contributed by atoms with Gasteiger partial charge in [0, 0.05) is 12.8 Å². The number of carbonyl (C=O) groups excluding carboxylic acids is 1. The molecule has 128 valence electrons. The van der Waals surface area contributed by atoms with E-state index in [4.69, 9.17) is 11.8 Å². The van der Waals surface area contributed by atoms with Gasteiger partial charge in [-0.15, -0.1) is 35.6 Å². The van der Waals surface area contributed by atoms with Gasteiger partial charge in [0.15, 0.2) is 0 Å². The molecule has 0 fully saturated rings. The lowest BCUT2D eigenvalue weighted by atomic mass is 10.0. The fraction of sp³-hybridized carbons (Fsp3) is 0.923. The van der Waals surface area contributed by atoms with Crippen LogP contribution in [0.3, 0.4) is 0 Å². The zero-order valence-corrected chi connectivity index (χ0v) is 15.8. The van der Waals surface area contributed by atoms with Crippen LogP contribution in [-0.2, 0) is 9.53 Å². The molecule has 0 spiro atoms. The molecule has 0 radical (unpaired) electrons. The summed E-state index contributed by atoms with van der Waals surface area (Å²) in [6, 6.07) is -0.487. The minimum Gasteiger partial charge on any atom is -0.459 e. The van der Waals surface area contributed by atoms with Crippen molar-refractivity contribution in [3.63, 3.8) is 0 Å². The van der Waals surface area contributed by atoms with Gasteiger partial charge < -0.3 is 10.5 Å². The van der Waals surface area contributed by atoms with E-state index in [1.54, 1.807) is 0 Å². The molecule has 0 saturated heterocycles. The average Bonchev–Trinajstić information content (AvgIpc) is 2.32. The predicted octanol–water partition coefficient (Wildman–Crippen LogP) is 4.42. The number of carbonyl (C=O) groups is 1. The Morgan fingerprint density at radius 2 is 1.60 bits per heavy atom. The van der Waals surface area contributed by atoms with E-state index in [1.165, 1.54) is 12.8 Å². The minimum absolute atomic E-state index is 0. The summed E-state index contributed by atoms with van der Waals surface area (Å²) in [6.07, 6.45) is 3.62. The Labute approximate surface area is 141 Å². The standard InChI is InChI=1S/C10H21NO2.2CH3Cl.CH3F.ClH/c1-7(2)6-8(11)9(12)13-10(3,4)5;3*1-2;/h7-8H,6,11H2,1-5H3;3*1H3;1H/t8-;;;;/m0..../s1/i;;;1D;. The molecule has 0 unspecified atom stereocenters. The number of halogens is 4. The highest BCUT2D eigenvalue weighted by atomic mass is 35.5. The van der Waals surface area contributed by atoms with E-state index in [2.05, 4.69) is 23.2 Å². The maximum atomic E-state index is 11.3. The molecule has 0 aliphatic carbocycles. The topological polar surface area (TPSA) is 52.3 Å². The average molecular weight is 360 g/mol. The third kappa shape index (κ3) is 30.9. The van der Waals surface area contributed by atoms with E-state index < -0.39 is 18.8 Å². The van der Waals surface area contributed by atoms with Crippen molar-refractivity contribution < 1.29 is 15.3 Å². The molecule has 0 aromatic heterocycles. The molecule has 0 aliphatic heterocycles. The Hall–Kier alpha value is 0.230. The third-order valence-electron chi connectivity index (χ3n) is 1.43. The highest BCUT2D eigenvalue weighted by molar-refractivity contribution is 6.15. The van der Waals surface area contributed by atoms with E-state index in [1.807, 2.05) is 34.6 Å². The quantitative estimate of drug-likeness (QED) is 0.599. The lowest BCUT2D eigenvalue weighted by Gasteiger charge is -2.22. The van der Waals surface area contributed by atoms with Crippen LogP contribution in [0.2, 0.25) is 0 Å². The molecular weight excluding hydrogens is 328 g/mol. The van der Waals surface area contributed by atoms with Gasteiger partial charge in [-0.1, -0.05) is 13.8 Å². The lowest BCUT2D eigenvalue weighted by Crippen LogP contribution is -2.38. The van der Waals surface area contributed by atoms with Crippen LogP contribution in [0.25, 0.3) is 0 Å². The van der Waals surface area contributed by atoms with Gasteiger partial charge in [0.1, 0.15) is 11.6 Å². The van der Waals surface area contributed by atoms with Crippen molar-refractivity contribution in [3.8, 4) is 0 Å². The van der Waals surface area contributed by atoms with Crippen molar-refractivity contribution in [2.45, 2.75) is 52.7 Å². The van der Waals surface area contributed by atoms with Crippen LogP contribution in [0.4, 0.5) is 4.39 Å². The van der Waals surface area contributed by atoms with Crippen molar-refractivity contribution in [2.24, 2.45) is 11.7 Å². The molecular formula is C13H31Cl3FNO2. The minimum atomic E-state index is -1.00. The molecule has 0 aromatic rings. The van der Waals surface area contributed by atoms with E-state index in [9.17, 15) is 9.18 Å². The summed E-state index contributed by atoms with van der Waals surface area (Å²) in [5.74, 6) is 0.115. The fourth-order valence-corrected chi connectivity index (χ4v) is 0.982. The first-order valence-electron chi connectivity index (χ1n) is 6.44. The van der Waals surface area contributed by atoms with Gasteiger partial charge in [-0.25, -0.2) is 0 Å². The molecule has 3 nitrogen and oxygen atoms in total. The molecule has 0 heterocycles. The highest BCUT2D eigenvalue weighted by Gasteiger charge is 2.22. The maximum Gasteiger partial charge on any atom is 0.323 e. The number of rotatable bonds is 3. The monoisotopic (exact) mass is 358 g/mol. The van der Waals surface area contributed by atoms with Gasteiger partial charge in [-0.2, -0.15) is 0 Å². The van der Waals surface area contributed by atoms with Crippen LogP contribution in [-0.4, -0.2) is 37.5 Å². The summed E-state index contributed by atoms with van der Waals surface area (Å²) in [6.45, 7) is 9.58. The molecule has 2 N–H and O–H groups in total. The second kappa shape index (κ2) is 21.5. The molecule has 0 rings (SSSR count). The van der Waals surface area contributed by atoms with E-state index >= 15 is 0 Å². The Bertz CT molecular complexity index is 206. The van der Waals surface area contributed by atoms with Crippen molar-refractivity contribution in [1.29, 1.82) is 0 Å². The summed E-state index contributed by atoms with van der Waals surface area (Å²) < 4.78 is 20.6. The van der Waals surface area contributed by atoms with E-state index in [-0.39, 0.29) is 18.4 Å². The number of alkyl halides is 3. The molecule has 0 saturated carbocycles. The van der Waals surface area contributed by atoms with Gasteiger partial charge in [-0.3, -0.25) is 9.18 Å². The number of hydrogen-bond acceptors (Lipinski definition) is 3. The van der Waals surface area contributed by atoms with Crippen molar-refractivity contribution >= 4 is 41.6 Å². The van der Waals surface area contributed by atoms with Crippen molar-refractivity contribution in [3.05, 3.63) is 0 Å². The second-order valence-corrected chi connectivity index (χ2v) is 4.77. The lowest BCUT2D eigenvalue weighted by molar-refractivity contribution is -0.156. The summed E-state index contributed by atoms with van der Waals surface area (Å²) in [5.41, 5.74) is 5.21. The van der Waals surface area contributed by atoms with E-state index in [0.29, 0.717) is 12.3 Å². The Morgan fingerprint density at radius 1 is 1.30 bits per heavy atom. The van der Waals surface area contributed by atoms with Gasteiger partial charge in [0.25, 0.3) is 0 Å². The van der Waals surface area contributed by atoms with Crippen LogP contribution in [0, 0.1) is 5.92 Å². The van der Waals surface area contributed by atoms with Crippen LogP contribution in [0.5, 0.6) is 0 Å². The zero-order valence-electron chi connectivity index (χ0n) is 14.5. The summed E-state index contributed by atoms with van der Waals surface area (Å²) in [5, 5.41) is 0. The third-order valence-corrected chi connectivity index (χ3v) is 1.43. The number of hydrogen-bond donors (Lipinski definition) is 1. The summed E-state index contributed by atoms with van der Waals surface area (Å²) in [7, 11) is -1.00. The predicted molar refractivity (Wildman–Crippen MR) is 91.1 cm³/mol. The Morgan fingerprint density at radius 3 is 1.80 bits per heavy atom. The first-order chi connectivity index (χ1) is 9.14. The van der Waals surface area contributed by atoms with Crippen LogP contribution >= 0.6 is 35.6 Å². The molecule has 0 aromatic carbocycles. The molecule has 0 bridgehead atoms. The number of nitrogens with two attached hydrogens (primary N) is 1. The molecule has 0 aliphatic rings. The van der Waals surface area contributed by atoms with E-state index in [0.717, 1.165) is 0 Å². The maximum absolute atomic E-state index is 11.3. The zero-order chi connectivity index (χ0) is 17.4. The van der Waals surface area contributed by atoms with Gasteiger partial charge in [0.05, 0.1) is 8.52 Å². The van der Waals surface area contributed by atoms with Crippen molar-refractivity contribution in [2.75, 3.05) is 19.9 Å². The molecule has 0 amide bonds. The smallest absolute Gasteiger partial charge is 0.323 e. The molecule has 1 atom stereocenters. The number of ether oxygens (including phenoxy) is 1. The van der Waals surface area contributed by atoms with Gasteiger partial charge in [-0.05, 0) is 33.1 Å². The van der Waals surface area contributed by atoms with Crippen molar-refractivity contribution in [1.82, 2.24) is 0 Å². The highest BCUT2D eigenvalue weighted by Crippen LogP contribution is 2.11.